The van der Waals surface area contributed by atoms with E-state index in [2.05, 4.69) is 29.1 Å². The Bertz CT molecular complexity index is 1220. The Kier molecular flexibility index (Phi) is 7.28. The molecule has 1 aliphatic rings. The number of nitrogens with one attached hydrogen (secondary N) is 1. The van der Waals surface area contributed by atoms with Crippen LogP contribution in [0.15, 0.2) is 48.7 Å². The first-order valence-electron chi connectivity index (χ1n) is 11.6. The highest BCUT2D eigenvalue weighted by molar-refractivity contribution is 6.05. The number of carbonyl (C=O) groups is 1. The molecule has 35 heavy (non-hydrogen) atoms. The molecule has 4 N–H and O–H groups in total. The van der Waals surface area contributed by atoms with Crippen LogP contribution in [0.3, 0.4) is 0 Å². The van der Waals surface area contributed by atoms with E-state index >= 15 is 0 Å². The van der Waals surface area contributed by atoms with Crippen LogP contribution in [0.2, 0.25) is 0 Å². The topological polar surface area (TPSA) is 114 Å². The Morgan fingerprint density at radius 2 is 2.11 bits per heavy atom. The molecule has 184 valence electrons. The molecule has 9 heteroatoms. The summed E-state index contributed by atoms with van der Waals surface area (Å²) in [5.41, 5.74) is 8.82. The molecule has 0 aliphatic carbocycles. The molecule has 8 nitrogen and oxygen atoms in total. The molecular weight excluding hydrogens is 449 g/mol. The van der Waals surface area contributed by atoms with Crippen LogP contribution in [0.25, 0.3) is 11.4 Å². The SMILES string of the molecule is COc1cccc(F)c1-c1nccc(C(=O)Nc2ccc(C(C)C)cc2N2C[C@@H](N)C[C@H]2CO)n1. The minimum atomic E-state index is -0.547. The molecule has 1 aromatic heterocycles. The number of aliphatic hydroxyl groups excluding tert-OH is 1. The fourth-order valence-corrected chi connectivity index (χ4v) is 4.36. The Labute approximate surface area is 204 Å². The number of nitrogens with two attached hydrogens (primary N) is 1. The highest BCUT2D eigenvalue weighted by Gasteiger charge is 2.31. The van der Waals surface area contributed by atoms with Crippen LogP contribution in [-0.4, -0.2) is 53.3 Å². The fraction of sp³-hybridized carbons (Fsp3) is 0.346. The van der Waals surface area contributed by atoms with Gasteiger partial charge >= 0.3 is 0 Å². The molecule has 0 saturated carbocycles. The zero-order chi connectivity index (χ0) is 25.1. The Hall–Kier alpha value is -3.56. The Balaban J connectivity index is 1.68. The van der Waals surface area contributed by atoms with Gasteiger partial charge in [-0.15, -0.1) is 0 Å². The molecule has 2 aromatic carbocycles. The van der Waals surface area contributed by atoms with Crippen molar-refractivity contribution in [2.45, 2.75) is 38.3 Å². The number of hydrogen-bond donors (Lipinski definition) is 3. The van der Waals surface area contributed by atoms with Gasteiger partial charge in [-0.25, -0.2) is 14.4 Å². The number of halogens is 1. The van der Waals surface area contributed by atoms with Gasteiger partial charge in [0.05, 0.1) is 36.7 Å². The number of methoxy groups -OCH3 is 1. The third kappa shape index (κ3) is 5.11. The molecule has 1 fully saturated rings. The predicted octanol–water partition coefficient (Wildman–Crippen LogP) is 3.57. The molecule has 0 unspecified atom stereocenters. The van der Waals surface area contributed by atoms with Crippen molar-refractivity contribution in [3.63, 3.8) is 0 Å². The third-order valence-electron chi connectivity index (χ3n) is 6.21. The van der Waals surface area contributed by atoms with Crippen molar-refractivity contribution >= 4 is 17.3 Å². The quantitative estimate of drug-likeness (QED) is 0.475. The molecule has 0 spiro atoms. The van der Waals surface area contributed by atoms with Gasteiger partial charge in [-0.3, -0.25) is 4.79 Å². The summed E-state index contributed by atoms with van der Waals surface area (Å²) >= 11 is 0. The summed E-state index contributed by atoms with van der Waals surface area (Å²) in [4.78, 5) is 23.7. The first-order chi connectivity index (χ1) is 16.8. The predicted molar refractivity (Wildman–Crippen MR) is 133 cm³/mol. The van der Waals surface area contributed by atoms with Crippen molar-refractivity contribution in [1.29, 1.82) is 0 Å². The largest absolute Gasteiger partial charge is 0.496 e. The van der Waals surface area contributed by atoms with Gasteiger partial charge in [-0.1, -0.05) is 26.0 Å². The third-order valence-corrected chi connectivity index (χ3v) is 6.21. The number of benzene rings is 2. The Morgan fingerprint density at radius 3 is 2.83 bits per heavy atom. The normalized spacial score (nSPS) is 17.6. The van der Waals surface area contributed by atoms with Crippen molar-refractivity contribution in [2.24, 2.45) is 5.73 Å². The van der Waals surface area contributed by atoms with Gasteiger partial charge in [0.1, 0.15) is 17.3 Å². The van der Waals surface area contributed by atoms with Crippen LogP contribution >= 0.6 is 0 Å². The molecule has 1 aliphatic heterocycles. The summed E-state index contributed by atoms with van der Waals surface area (Å²) in [6.45, 7) is 4.72. The molecule has 0 radical (unpaired) electrons. The van der Waals surface area contributed by atoms with E-state index < -0.39 is 11.7 Å². The summed E-state index contributed by atoms with van der Waals surface area (Å²) < 4.78 is 19.8. The van der Waals surface area contributed by atoms with Crippen LogP contribution in [0.1, 0.15) is 42.2 Å². The van der Waals surface area contributed by atoms with E-state index in [9.17, 15) is 14.3 Å². The van der Waals surface area contributed by atoms with E-state index in [-0.39, 0.29) is 47.4 Å². The van der Waals surface area contributed by atoms with Gasteiger partial charge in [0.25, 0.3) is 5.91 Å². The van der Waals surface area contributed by atoms with Crippen LogP contribution < -0.4 is 20.7 Å². The summed E-state index contributed by atoms with van der Waals surface area (Å²) in [5.74, 6) is -0.411. The Morgan fingerprint density at radius 1 is 1.31 bits per heavy atom. The molecule has 3 aromatic rings. The van der Waals surface area contributed by atoms with Gasteiger partial charge in [0.2, 0.25) is 0 Å². The van der Waals surface area contributed by atoms with Crippen molar-refractivity contribution in [1.82, 2.24) is 9.97 Å². The standard InChI is InChI=1S/C26H30FN5O3/c1-15(2)16-7-8-20(22(11-16)32-13-17(28)12-18(32)14-33)31-26(34)21-9-10-29-25(30-21)24-19(27)5-4-6-23(24)35-3/h4-11,15,17-18,33H,12-14,28H2,1-3H3,(H,31,34)/t17-,18-/m0/s1. The number of aliphatic hydroxyl groups is 1. The molecule has 1 saturated heterocycles. The van der Waals surface area contributed by atoms with Crippen molar-refractivity contribution in [3.8, 4) is 17.1 Å². The van der Waals surface area contributed by atoms with E-state index in [1.165, 1.54) is 31.5 Å². The highest BCUT2D eigenvalue weighted by atomic mass is 19.1. The summed E-state index contributed by atoms with van der Waals surface area (Å²) in [6.07, 6.45) is 2.07. The van der Waals surface area contributed by atoms with Gasteiger partial charge in [-0.2, -0.15) is 0 Å². The number of carbonyl (C=O) groups excluding carboxylic acids is 1. The van der Waals surface area contributed by atoms with E-state index in [1.807, 2.05) is 23.1 Å². The van der Waals surface area contributed by atoms with Gasteiger partial charge < -0.3 is 25.8 Å². The lowest BCUT2D eigenvalue weighted by molar-refractivity contribution is 0.102. The lowest BCUT2D eigenvalue weighted by Gasteiger charge is -2.28. The van der Waals surface area contributed by atoms with E-state index in [0.717, 1.165) is 11.3 Å². The van der Waals surface area contributed by atoms with Gasteiger partial charge in [-0.05, 0) is 48.2 Å². The van der Waals surface area contributed by atoms with Crippen LogP contribution in [0.5, 0.6) is 5.75 Å². The lowest BCUT2D eigenvalue weighted by Crippen LogP contribution is -2.34. The van der Waals surface area contributed by atoms with Gasteiger partial charge in [0.15, 0.2) is 5.82 Å². The summed E-state index contributed by atoms with van der Waals surface area (Å²) in [5, 5.41) is 12.8. The monoisotopic (exact) mass is 479 g/mol. The molecule has 1 amide bonds. The second-order valence-corrected chi connectivity index (χ2v) is 8.95. The molecule has 2 atom stereocenters. The van der Waals surface area contributed by atoms with Crippen LogP contribution in [0.4, 0.5) is 15.8 Å². The zero-order valence-corrected chi connectivity index (χ0v) is 20.0. The lowest BCUT2D eigenvalue weighted by atomic mass is 10.0. The number of nitrogens with zero attached hydrogens (tertiary/aromatic N) is 3. The van der Waals surface area contributed by atoms with Crippen LogP contribution in [-0.2, 0) is 0 Å². The fourth-order valence-electron chi connectivity index (χ4n) is 4.36. The molecule has 0 bridgehead atoms. The van der Waals surface area contributed by atoms with Crippen molar-refractivity contribution in [3.05, 3.63) is 65.7 Å². The first-order valence-corrected chi connectivity index (χ1v) is 11.6. The first kappa shape index (κ1) is 24.6. The average Bonchev–Trinajstić information content (AvgIpc) is 3.24. The second-order valence-electron chi connectivity index (χ2n) is 8.95. The smallest absolute Gasteiger partial charge is 0.274 e. The van der Waals surface area contributed by atoms with Crippen molar-refractivity contribution in [2.75, 3.05) is 30.5 Å². The summed E-state index contributed by atoms with van der Waals surface area (Å²) in [6, 6.07) is 11.5. The number of amides is 1. The minimum absolute atomic E-state index is 0.0350. The zero-order valence-electron chi connectivity index (χ0n) is 20.0. The van der Waals surface area contributed by atoms with E-state index in [1.54, 1.807) is 6.07 Å². The number of ether oxygens (including phenoxy) is 1. The number of rotatable bonds is 7. The number of aromatic nitrogens is 2. The molecular formula is C26H30FN5O3. The summed E-state index contributed by atoms with van der Waals surface area (Å²) in [7, 11) is 1.43. The van der Waals surface area contributed by atoms with E-state index in [4.69, 9.17) is 10.5 Å². The minimum Gasteiger partial charge on any atom is -0.496 e. The average molecular weight is 480 g/mol. The van der Waals surface area contributed by atoms with Crippen LogP contribution in [0, 0.1) is 5.82 Å². The van der Waals surface area contributed by atoms with Crippen molar-refractivity contribution < 1.29 is 19.0 Å². The number of hydrogen-bond acceptors (Lipinski definition) is 7. The maximum absolute atomic E-state index is 14.5. The molecule has 4 rings (SSSR count). The van der Waals surface area contributed by atoms with E-state index in [0.29, 0.717) is 18.7 Å². The maximum Gasteiger partial charge on any atom is 0.274 e. The molecule has 2 heterocycles. The highest BCUT2D eigenvalue weighted by Crippen LogP contribution is 2.35. The number of anilines is 2. The maximum atomic E-state index is 14.5. The second kappa shape index (κ2) is 10.4. The van der Waals surface area contributed by atoms with Gasteiger partial charge in [0, 0.05) is 18.8 Å².